The minimum Gasteiger partial charge on any atom is -0.486 e. The number of fused-ring (bicyclic) bond motifs is 1. The predicted molar refractivity (Wildman–Crippen MR) is 71.6 cm³/mol. The van der Waals surface area contributed by atoms with Gasteiger partial charge in [0.1, 0.15) is 24.0 Å². The molecule has 0 bridgehead atoms. The summed E-state index contributed by atoms with van der Waals surface area (Å²) in [6, 6.07) is 12.3. The first-order valence-corrected chi connectivity index (χ1v) is 6.04. The third-order valence-corrected chi connectivity index (χ3v) is 2.89. The molecule has 3 aromatic rings. The Morgan fingerprint density at radius 2 is 1.95 bits per heavy atom. The normalized spacial score (nSPS) is 10.8. The second-order valence-electron chi connectivity index (χ2n) is 4.45. The van der Waals surface area contributed by atoms with E-state index in [1.165, 1.54) is 17.7 Å². The van der Waals surface area contributed by atoms with Gasteiger partial charge in [0.25, 0.3) is 0 Å². The molecular weight excluding hydrogens is 243 g/mol. The van der Waals surface area contributed by atoms with Gasteiger partial charge >= 0.3 is 0 Å². The number of ether oxygens (including phenoxy) is 1. The zero-order chi connectivity index (χ0) is 13.2. The molecule has 1 aromatic heterocycles. The minimum absolute atomic E-state index is 0.276. The zero-order valence-electron chi connectivity index (χ0n) is 10.5. The summed E-state index contributed by atoms with van der Waals surface area (Å²) < 4.78 is 18.7. The highest BCUT2D eigenvalue weighted by molar-refractivity contribution is 5.74. The molecule has 0 aliphatic rings. The van der Waals surface area contributed by atoms with Crippen molar-refractivity contribution in [1.82, 2.24) is 9.97 Å². The summed E-state index contributed by atoms with van der Waals surface area (Å²) >= 11 is 0. The van der Waals surface area contributed by atoms with Gasteiger partial charge in [-0.2, -0.15) is 0 Å². The number of nitrogens with zero attached hydrogens (tertiary/aromatic N) is 1. The molecule has 0 aliphatic carbocycles. The van der Waals surface area contributed by atoms with E-state index in [0.29, 0.717) is 17.9 Å². The Bertz CT molecular complexity index is 704. The molecule has 3 nitrogen and oxygen atoms in total. The maximum atomic E-state index is 13.1. The van der Waals surface area contributed by atoms with Crippen LogP contribution in [0.3, 0.4) is 0 Å². The number of H-pyrrole nitrogens is 1. The quantitative estimate of drug-likeness (QED) is 0.777. The maximum absolute atomic E-state index is 13.1. The SMILES string of the molecule is Cc1ccc(OCc2nc3ccc(F)cc3[nH]2)cc1. The van der Waals surface area contributed by atoms with Crippen molar-refractivity contribution in [1.29, 1.82) is 0 Å². The summed E-state index contributed by atoms with van der Waals surface area (Å²) in [5, 5.41) is 0. The van der Waals surface area contributed by atoms with Crippen molar-refractivity contribution < 1.29 is 9.13 Å². The molecule has 0 aliphatic heterocycles. The fourth-order valence-corrected chi connectivity index (χ4v) is 1.89. The number of nitrogens with one attached hydrogen (secondary N) is 1. The molecule has 2 aromatic carbocycles. The third kappa shape index (κ3) is 2.57. The van der Waals surface area contributed by atoms with Crippen molar-refractivity contribution in [3.63, 3.8) is 0 Å². The van der Waals surface area contributed by atoms with Crippen molar-refractivity contribution in [3.05, 3.63) is 59.7 Å². The lowest BCUT2D eigenvalue weighted by atomic mass is 10.2. The van der Waals surface area contributed by atoms with Gasteiger partial charge in [-0.05, 0) is 37.3 Å². The van der Waals surface area contributed by atoms with Crippen molar-refractivity contribution in [2.24, 2.45) is 0 Å². The number of hydrogen-bond acceptors (Lipinski definition) is 2. The monoisotopic (exact) mass is 256 g/mol. The Labute approximate surface area is 110 Å². The van der Waals surface area contributed by atoms with E-state index in [4.69, 9.17) is 4.74 Å². The largest absolute Gasteiger partial charge is 0.486 e. The minimum atomic E-state index is -0.276. The first kappa shape index (κ1) is 11.7. The zero-order valence-corrected chi connectivity index (χ0v) is 10.5. The highest BCUT2D eigenvalue weighted by Gasteiger charge is 2.04. The number of aromatic amines is 1. The molecule has 4 heteroatoms. The number of halogens is 1. The van der Waals surface area contributed by atoms with Crippen LogP contribution in [0.5, 0.6) is 5.75 Å². The van der Waals surface area contributed by atoms with Gasteiger partial charge in [-0.15, -0.1) is 0 Å². The molecule has 3 rings (SSSR count). The molecule has 0 atom stereocenters. The number of imidazole rings is 1. The molecule has 0 amide bonds. The number of hydrogen-bond donors (Lipinski definition) is 1. The van der Waals surface area contributed by atoms with E-state index in [0.717, 1.165) is 11.3 Å². The van der Waals surface area contributed by atoms with Crippen LogP contribution >= 0.6 is 0 Å². The van der Waals surface area contributed by atoms with Crippen LogP contribution in [0.4, 0.5) is 4.39 Å². The molecular formula is C15H13FN2O. The van der Waals surface area contributed by atoms with Crippen LogP contribution < -0.4 is 4.74 Å². The van der Waals surface area contributed by atoms with Gasteiger partial charge in [0.15, 0.2) is 0 Å². The highest BCUT2D eigenvalue weighted by atomic mass is 19.1. The number of rotatable bonds is 3. The van der Waals surface area contributed by atoms with Gasteiger partial charge in [-0.3, -0.25) is 0 Å². The Kier molecular flexibility index (Phi) is 2.91. The van der Waals surface area contributed by atoms with Crippen LogP contribution in [-0.4, -0.2) is 9.97 Å². The average molecular weight is 256 g/mol. The Morgan fingerprint density at radius 3 is 2.74 bits per heavy atom. The fourth-order valence-electron chi connectivity index (χ4n) is 1.89. The van der Waals surface area contributed by atoms with E-state index in [1.54, 1.807) is 6.07 Å². The summed E-state index contributed by atoms with van der Waals surface area (Å²) in [7, 11) is 0. The molecule has 0 radical (unpaired) electrons. The molecule has 19 heavy (non-hydrogen) atoms. The van der Waals surface area contributed by atoms with Gasteiger partial charge < -0.3 is 9.72 Å². The maximum Gasteiger partial charge on any atom is 0.146 e. The standard InChI is InChI=1S/C15H13FN2O/c1-10-2-5-12(6-3-10)19-9-15-17-13-7-4-11(16)8-14(13)18-15/h2-8H,9H2,1H3,(H,17,18). The Morgan fingerprint density at radius 1 is 1.16 bits per heavy atom. The summed E-state index contributed by atoms with van der Waals surface area (Å²) in [5.41, 5.74) is 2.61. The lowest BCUT2D eigenvalue weighted by molar-refractivity contribution is 0.297. The first-order valence-electron chi connectivity index (χ1n) is 6.04. The first-order chi connectivity index (χ1) is 9.20. The third-order valence-electron chi connectivity index (χ3n) is 2.89. The van der Waals surface area contributed by atoms with E-state index >= 15 is 0 Å². The van der Waals surface area contributed by atoms with Gasteiger partial charge in [-0.25, -0.2) is 9.37 Å². The molecule has 0 unspecified atom stereocenters. The van der Waals surface area contributed by atoms with Crippen LogP contribution in [0.2, 0.25) is 0 Å². The Balaban J connectivity index is 1.76. The lowest BCUT2D eigenvalue weighted by Gasteiger charge is -2.03. The van der Waals surface area contributed by atoms with E-state index in [9.17, 15) is 4.39 Å². The molecule has 1 heterocycles. The van der Waals surface area contributed by atoms with Gasteiger partial charge in [0, 0.05) is 0 Å². The van der Waals surface area contributed by atoms with Gasteiger partial charge in [-0.1, -0.05) is 17.7 Å². The predicted octanol–water partition coefficient (Wildman–Crippen LogP) is 3.59. The van der Waals surface area contributed by atoms with E-state index in [1.807, 2.05) is 31.2 Å². The second kappa shape index (κ2) is 4.72. The van der Waals surface area contributed by atoms with Crippen molar-refractivity contribution >= 4 is 11.0 Å². The summed E-state index contributed by atoms with van der Waals surface area (Å²) in [5.74, 6) is 1.19. The van der Waals surface area contributed by atoms with Crippen LogP contribution in [0, 0.1) is 12.7 Å². The topological polar surface area (TPSA) is 37.9 Å². The molecule has 0 saturated carbocycles. The number of aryl methyl sites for hydroxylation is 1. The molecule has 96 valence electrons. The Hall–Kier alpha value is -2.36. The van der Waals surface area contributed by atoms with E-state index < -0.39 is 0 Å². The molecule has 0 fully saturated rings. The van der Waals surface area contributed by atoms with E-state index in [2.05, 4.69) is 9.97 Å². The molecule has 0 saturated heterocycles. The lowest BCUT2D eigenvalue weighted by Crippen LogP contribution is -1.97. The summed E-state index contributed by atoms with van der Waals surface area (Å²) in [6.07, 6.45) is 0. The molecule has 1 N–H and O–H groups in total. The summed E-state index contributed by atoms with van der Waals surface area (Å²) in [4.78, 5) is 7.38. The van der Waals surface area contributed by atoms with Crippen LogP contribution in [0.25, 0.3) is 11.0 Å². The van der Waals surface area contributed by atoms with Crippen molar-refractivity contribution in [2.75, 3.05) is 0 Å². The van der Waals surface area contributed by atoms with Crippen LogP contribution in [0.1, 0.15) is 11.4 Å². The molecule has 0 spiro atoms. The second-order valence-corrected chi connectivity index (χ2v) is 4.45. The fraction of sp³-hybridized carbons (Fsp3) is 0.133. The average Bonchev–Trinajstić information content (AvgIpc) is 2.80. The van der Waals surface area contributed by atoms with Crippen LogP contribution in [-0.2, 0) is 6.61 Å². The number of benzene rings is 2. The van der Waals surface area contributed by atoms with E-state index in [-0.39, 0.29) is 5.82 Å². The highest BCUT2D eigenvalue weighted by Crippen LogP contribution is 2.16. The smallest absolute Gasteiger partial charge is 0.146 e. The summed E-state index contributed by atoms with van der Waals surface area (Å²) in [6.45, 7) is 2.36. The van der Waals surface area contributed by atoms with Crippen LogP contribution in [0.15, 0.2) is 42.5 Å². The van der Waals surface area contributed by atoms with Gasteiger partial charge in [0.05, 0.1) is 11.0 Å². The van der Waals surface area contributed by atoms with Gasteiger partial charge in [0.2, 0.25) is 0 Å². The van der Waals surface area contributed by atoms with Crippen molar-refractivity contribution in [2.45, 2.75) is 13.5 Å². The number of aromatic nitrogens is 2. The van der Waals surface area contributed by atoms with Crippen molar-refractivity contribution in [3.8, 4) is 5.75 Å².